The van der Waals surface area contributed by atoms with Gasteiger partial charge in [0.15, 0.2) is 0 Å². The monoisotopic (exact) mass is 128 g/mol. The highest BCUT2D eigenvalue weighted by Gasteiger charge is 2.06. The van der Waals surface area contributed by atoms with Gasteiger partial charge in [-0.2, -0.15) is 0 Å². The minimum atomic E-state index is 0.170. The van der Waals surface area contributed by atoms with Crippen molar-refractivity contribution in [3.05, 3.63) is 17.0 Å². The van der Waals surface area contributed by atoms with E-state index in [4.69, 9.17) is 4.74 Å². The average molecular weight is 128 g/mol. The van der Waals surface area contributed by atoms with Crippen LogP contribution in [0.1, 0.15) is 0 Å². The largest absolute Gasteiger partial charge is 0.473 e. The maximum Gasteiger partial charge on any atom is 0.271 e. The second kappa shape index (κ2) is 2.48. The fourth-order valence-corrected chi connectivity index (χ4v) is 0.634. The molecular weight excluding hydrogens is 120 g/mol. The van der Waals surface area contributed by atoms with Crippen LogP contribution in [-0.2, 0) is 4.74 Å². The van der Waals surface area contributed by atoms with Crippen LogP contribution >= 0.6 is 0 Å². The maximum atomic E-state index is 9.84. The molecule has 0 aromatic carbocycles. The van der Waals surface area contributed by atoms with Crippen molar-refractivity contribution in [1.29, 1.82) is 0 Å². The van der Waals surface area contributed by atoms with Crippen molar-refractivity contribution in [2.45, 2.75) is 0 Å². The molecule has 0 radical (unpaired) electrons. The van der Waals surface area contributed by atoms with E-state index >= 15 is 0 Å². The minimum absolute atomic E-state index is 0.170. The number of nitrogens with zero attached hydrogens (tertiary/aromatic N) is 2. The Balaban J connectivity index is 2.59. The fourth-order valence-electron chi connectivity index (χ4n) is 0.634. The molecule has 0 atom stereocenters. The second-order valence-corrected chi connectivity index (χ2v) is 1.89. The van der Waals surface area contributed by atoms with Crippen LogP contribution in [0, 0.1) is 4.91 Å². The second-order valence-electron chi connectivity index (χ2n) is 1.89. The Labute approximate surface area is 53.1 Å². The zero-order valence-electron chi connectivity index (χ0n) is 5.20. The molecule has 0 amide bonds. The number of rotatable bonds is 1. The summed E-state index contributed by atoms with van der Waals surface area (Å²) in [6.45, 7) is 1.37. The van der Waals surface area contributed by atoms with Crippen molar-refractivity contribution >= 4 is 0 Å². The maximum absolute atomic E-state index is 9.84. The number of hydrogen-bond donors (Lipinski definition) is 0. The van der Waals surface area contributed by atoms with Gasteiger partial charge in [0.2, 0.25) is 0 Å². The lowest BCUT2D eigenvalue weighted by Crippen LogP contribution is -2.22. The lowest BCUT2D eigenvalue weighted by Gasteiger charge is -2.19. The molecule has 0 saturated heterocycles. The van der Waals surface area contributed by atoms with Gasteiger partial charge in [-0.25, -0.2) is 0 Å². The zero-order valence-corrected chi connectivity index (χ0v) is 5.20. The van der Waals surface area contributed by atoms with Crippen molar-refractivity contribution in [2.75, 3.05) is 20.2 Å². The molecule has 1 rings (SSSR count). The van der Waals surface area contributed by atoms with Crippen molar-refractivity contribution in [3.8, 4) is 0 Å². The van der Waals surface area contributed by atoms with Gasteiger partial charge < -0.3 is 9.64 Å². The Morgan fingerprint density at radius 2 is 2.67 bits per heavy atom. The number of likely N-dealkylation sites (N-methyl/N-ethyl adjacent to an activating group) is 1. The highest BCUT2D eigenvalue weighted by Crippen LogP contribution is 2.05. The summed E-state index contributed by atoms with van der Waals surface area (Å²) < 4.78 is 4.84. The van der Waals surface area contributed by atoms with Crippen molar-refractivity contribution in [1.82, 2.24) is 4.90 Å². The summed E-state index contributed by atoms with van der Waals surface area (Å²) in [5, 5.41) is 2.65. The molecule has 0 fully saturated rings. The first kappa shape index (κ1) is 6.07. The summed E-state index contributed by atoms with van der Waals surface area (Å²) >= 11 is 0. The molecule has 0 bridgehead atoms. The minimum Gasteiger partial charge on any atom is -0.473 e. The van der Waals surface area contributed by atoms with E-state index < -0.39 is 0 Å². The van der Waals surface area contributed by atoms with Crippen molar-refractivity contribution < 1.29 is 4.74 Å². The molecule has 0 unspecified atom stereocenters. The Morgan fingerprint density at radius 1 is 1.89 bits per heavy atom. The third-order valence-corrected chi connectivity index (χ3v) is 1.11. The van der Waals surface area contributed by atoms with E-state index in [-0.39, 0.29) is 5.88 Å². The average Bonchev–Trinajstić information content (AvgIpc) is 1.88. The van der Waals surface area contributed by atoms with Crippen LogP contribution < -0.4 is 0 Å². The van der Waals surface area contributed by atoms with E-state index in [2.05, 4.69) is 5.18 Å². The van der Waals surface area contributed by atoms with E-state index in [1.807, 2.05) is 11.9 Å². The Hall–Kier alpha value is -1.06. The summed E-state index contributed by atoms with van der Waals surface area (Å²) in [6, 6.07) is 0. The fraction of sp³-hybridized carbons (Fsp3) is 0.600. The van der Waals surface area contributed by atoms with Gasteiger partial charge >= 0.3 is 0 Å². The van der Waals surface area contributed by atoms with Gasteiger partial charge in [-0.15, -0.1) is 4.91 Å². The van der Waals surface area contributed by atoms with Crippen LogP contribution in [0.2, 0.25) is 0 Å². The summed E-state index contributed by atoms with van der Waals surface area (Å²) in [5.74, 6) is 0.170. The van der Waals surface area contributed by atoms with Gasteiger partial charge in [0.1, 0.15) is 6.61 Å². The molecule has 0 spiro atoms. The standard InChI is InChI=1S/C5H8N2O2/c1-7-2-3-9-5(4-7)6-8/h4H,2-3H2,1H3. The summed E-state index contributed by atoms with van der Waals surface area (Å²) in [4.78, 5) is 11.7. The van der Waals surface area contributed by atoms with E-state index in [1.165, 1.54) is 0 Å². The molecule has 9 heavy (non-hydrogen) atoms. The zero-order chi connectivity index (χ0) is 6.69. The lowest BCUT2D eigenvalue weighted by atomic mass is 10.5. The third kappa shape index (κ3) is 1.42. The van der Waals surface area contributed by atoms with E-state index in [1.54, 1.807) is 6.20 Å². The first-order valence-electron chi connectivity index (χ1n) is 2.71. The Bertz CT molecular complexity index is 144. The highest BCUT2D eigenvalue weighted by atomic mass is 16.5. The quantitative estimate of drug-likeness (QED) is 0.483. The molecule has 0 aromatic heterocycles. The molecule has 50 valence electrons. The molecule has 4 heteroatoms. The van der Waals surface area contributed by atoms with Crippen LogP contribution in [0.5, 0.6) is 0 Å². The first-order chi connectivity index (χ1) is 4.33. The highest BCUT2D eigenvalue weighted by molar-refractivity contribution is 4.92. The van der Waals surface area contributed by atoms with E-state index in [9.17, 15) is 4.91 Å². The molecule has 1 heterocycles. The number of hydrogen-bond acceptors (Lipinski definition) is 4. The van der Waals surface area contributed by atoms with Crippen LogP contribution in [0.25, 0.3) is 0 Å². The summed E-state index contributed by atoms with van der Waals surface area (Å²) in [5.41, 5.74) is 0. The Kier molecular flexibility index (Phi) is 1.67. The van der Waals surface area contributed by atoms with Gasteiger partial charge in [-0.3, -0.25) is 0 Å². The van der Waals surface area contributed by atoms with Gasteiger partial charge in [-0.05, 0) is 0 Å². The molecule has 4 nitrogen and oxygen atoms in total. The topological polar surface area (TPSA) is 41.9 Å². The SMILES string of the molecule is CN1C=C(N=O)OCC1. The van der Waals surface area contributed by atoms with Crippen LogP contribution in [0.3, 0.4) is 0 Å². The van der Waals surface area contributed by atoms with E-state index in [0.717, 1.165) is 6.54 Å². The van der Waals surface area contributed by atoms with Gasteiger partial charge in [-0.1, -0.05) is 0 Å². The molecule has 1 aliphatic heterocycles. The molecule has 0 N–H and O–H groups in total. The first-order valence-corrected chi connectivity index (χ1v) is 2.71. The van der Waals surface area contributed by atoms with Crippen LogP contribution in [0.15, 0.2) is 17.3 Å². The molecule has 1 aliphatic rings. The predicted molar refractivity (Wildman–Crippen MR) is 32.5 cm³/mol. The normalized spacial score (nSPS) is 18.3. The van der Waals surface area contributed by atoms with Crippen LogP contribution in [0.4, 0.5) is 0 Å². The predicted octanol–water partition coefficient (Wildman–Crippen LogP) is 0.514. The molecule has 0 saturated carbocycles. The molecule has 0 aliphatic carbocycles. The number of ether oxygens (including phenoxy) is 1. The van der Waals surface area contributed by atoms with Gasteiger partial charge in [0.05, 0.1) is 12.7 Å². The molecule has 0 aromatic rings. The van der Waals surface area contributed by atoms with Crippen molar-refractivity contribution in [2.24, 2.45) is 5.18 Å². The van der Waals surface area contributed by atoms with E-state index in [0.29, 0.717) is 6.61 Å². The third-order valence-electron chi connectivity index (χ3n) is 1.11. The van der Waals surface area contributed by atoms with Crippen molar-refractivity contribution in [3.63, 3.8) is 0 Å². The van der Waals surface area contributed by atoms with Crippen LogP contribution in [-0.4, -0.2) is 25.1 Å². The Morgan fingerprint density at radius 3 is 3.11 bits per heavy atom. The smallest absolute Gasteiger partial charge is 0.271 e. The summed E-state index contributed by atoms with van der Waals surface area (Å²) in [7, 11) is 1.87. The lowest BCUT2D eigenvalue weighted by molar-refractivity contribution is 0.153. The summed E-state index contributed by atoms with van der Waals surface area (Å²) in [6.07, 6.45) is 1.58. The van der Waals surface area contributed by atoms with Gasteiger partial charge in [0.25, 0.3) is 5.88 Å². The number of nitroso groups, excluding NO2 is 1. The van der Waals surface area contributed by atoms with Gasteiger partial charge in [0, 0.05) is 12.2 Å². The molecular formula is C5H8N2O2.